The van der Waals surface area contributed by atoms with Gasteiger partial charge in [-0.2, -0.15) is 5.26 Å². The van der Waals surface area contributed by atoms with E-state index >= 15 is 0 Å². The summed E-state index contributed by atoms with van der Waals surface area (Å²) in [7, 11) is 0. The number of hydrogen-bond donors (Lipinski definition) is 2. The van der Waals surface area contributed by atoms with Crippen molar-refractivity contribution in [3.8, 4) is 6.07 Å². The molecule has 3 N–H and O–H groups in total. The van der Waals surface area contributed by atoms with E-state index in [-0.39, 0.29) is 12.5 Å². The zero-order chi connectivity index (χ0) is 13.0. The van der Waals surface area contributed by atoms with Crippen molar-refractivity contribution in [1.29, 1.82) is 5.26 Å². The first-order valence-corrected chi connectivity index (χ1v) is 5.64. The molecule has 0 saturated heterocycles. The Morgan fingerprint density at radius 3 is 2.65 bits per heavy atom. The second kappa shape index (κ2) is 5.39. The minimum absolute atomic E-state index is 0.0823. The zero-order valence-electron chi connectivity index (χ0n) is 10.5. The summed E-state index contributed by atoms with van der Waals surface area (Å²) in [5.74, 6) is 0.287. The van der Waals surface area contributed by atoms with Crippen molar-refractivity contribution in [2.75, 3.05) is 12.3 Å². The molecule has 0 radical (unpaired) electrons. The van der Waals surface area contributed by atoms with Crippen molar-refractivity contribution >= 4 is 11.7 Å². The third-order valence-corrected chi connectivity index (χ3v) is 2.86. The van der Waals surface area contributed by atoms with E-state index < -0.39 is 0 Å². The zero-order valence-corrected chi connectivity index (χ0v) is 10.5. The molecule has 17 heavy (non-hydrogen) atoms. The number of carbonyl (C=O) groups is 1. The van der Waals surface area contributed by atoms with Gasteiger partial charge in [0.1, 0.15) is 18.4 Å². The number of carbonyl (C=O) groups excluding carboxylic acids is 1. The molecular weight excluding hydrogens is 216 g/mol. The fraction of sp³-hybridized carbons (Fsp3) is 0.500. The number of nitrogens with zero attached hydrogens (tertiary/aromatic N) is 2. The molecule has 0 aromatic carbocycles. The van der Waals surface area contributed by atoms with Crippen LogP contribution < -0.4 is 11.1 Å². The molecule has 0 aliphatic carbocycles. The molecule has 5 heteroatoms. The number of amides is 1. The van der Waals surface area contributed by atoms with Crippen LogP contribution in [0.4, 0.5) is 5.82 Å². The van der Waals surface area contributed by atoms with Crippen LogP contribution in [0.3, 0.4) is 0 Å². The van der Waals surface area contributed by atoms with Gasteiger partial charge in [0.25, 0.3) is 0 Å². The number of nitrogens with one attached hydrogen (secondary N) is 1. The number of anilines is 1. The minimum atomic E-state index is -0.0823. The lowest BCUT2D eigenvalue weighted by atomic mass is 10.2. The summed E-state index contributed by atoms with van der Waals surface area (Å²) in [6.45, 7) is 6.52. The maximum Gasteiger partial charge on any atom is 0.240 e. The van der Waals surface area contributed by atoms with Crippen LogP contribution in [-0.4, -0.2) is 17.0 Å². The Bertz CT molecular complexity index is 468. The molecule has 0 bridgehead atoms. The van der Waals surface area contributed by atoms with E-state index in [4.69, 9.17) is 11.0 Å². The maximum atomic E-state index is 11.6. The van der Waals surface area contributed by atoms with Gasteiger partial charge in [-0.1, -0.05) is 6.92 Å². The molecule has 1 heterocycles. The molecule has 0 aliphatic rings. The van der Waals surface area contributed by atoms with Crippen LogP contribution in [0, 0.1) is 25.2 Å². The predicted octanol–water partition coefficient (Wildman–Crippen LogP) is 1.09. The lowest BCUT2D eigenvalue weighted by Gasteiger charge is -2.09. The Morgan fingerprint density at radius 1 is 1.53 bits per heavy atom. The van der Waals surface area contributed by atoms with E-state index in [9.17, 15) is 4.79 Å². The van der Waals surface area contributed by atoms with Crippen molar-refractivity contribution in [2.45, 2.75) is 33.7 Å². The molecule has 1 amide bonds. The monoisotopic (exact) mass is 234 g/mol. The van der Waals surface area contributed by atoms with Crippen LogP contribution in [-0.2, 0) is 11.3 Å². The van der Waals surface area contributed by atoms with E-state index in [1.54, 1.807) is 4.57 Å². The Hall–Kier alpha value is -1.96. The summed E-state index contributed by atoms with van der Waals surface area (Å²) in [5.41, 5.74) is 8.02. The molecule has 1 rings (SSSR count). The maximum absolute atomic E-state index is 11.6. The van der Waals surface area contributed by atoms with Crippen LogP contribution in [0.2, 0.25) is 0 Å². The van der Waals surface area contributed by atoms with Crippen LogP contribution >= 0.6 is 0 Å². The number of nitriles is 1. The second-order valence-corrected chi connectivity index (χ2v) is 4.02. The Balaban J connectivity index is 2.93. The van der Waals surface area contributed by atoms with Crippen molar-refractivity contribution in [1.82, 2.24) is 9.88 Å². The highest BCUT2D eigenvalue weighted by Gasteiger charge is 2.16. The van der Waals surface area contributed by atoms with E-state index in [0.29, 0.717) is 17.9 Å². The van der Waals surface area contributed by atoms with Gasteiger partial charge in [0.05, 0.1) is 5.56 Å². The van der Waals surface area contributed by atoms with Gasteiger partial charge in [0.2, 0.25) is 5.91 Å². The topological polar surface area (TPSA) is 83.8 Å². The average molecular weight is 234 g/mol. The first-order valence-electron chi connectivity index (χ1n) is 5.64. The first-order chi connectivity index (χ1) is 8.02. The molecule has 5 nitrogen and oxygen atoms in total. The van der Waals surface area contributed by atoms with Gasteiger partial charge in [0.15, 0.2) is 0 Å². The first kappa shape index (κ1) is 13.1. The highest BCUT2D eigenvalue weighted by molar-refractivity contribution is 5.77. The highest BCUT2D eigenvalue weighted by atomic mass is 16.1. The van der Waals surface area contributed by atoms with Crippen LogP contribution in [0.5, 0.6) is 0 Å². The molecule has 0 fully saturated rings. The standard InChI is InChI=1S/C12H18N4O/c1-4-5-15-11(17)7-16-9(3)8(2)10(6-13)12(16)14/h4-5,7,14H2,1-3H3,(H,15,17). The van der Waals surface area contributed by atoms with Gasteiger partial charge in [-0.15, -0.1) is 0 Å². The largest absolute Gasteiger partial charge is 0.384 e. The van der Waals surface area contributed by atoms with Crippen molar-refractivity contribution < 1.29 is 4.79 Å². The summed E-state index contributed by atoms with van der Waals surface area (Å²) in [5, 5.41) is 11.8. The van der Waals surface area contributed by atoms with E-state index in [0.717, 1.165) is 17.7 Å². The molecule has 0 aliphatic heterocycles. The molecule has 1 aromatic heterocycles. The van der Waals surface area contributed by atoms with Gasteiger partial charge in [-0.25, -0.2) is 0 Å². The number of hydrogen-bond acceptors (Lipinski definition) is 3. The number of nitrogens with two attached hydrogens (primary N) is 1. The summed E-state index contributed by atoms with van der Waals surface area (Å²) in [4.78, 5) is 11.6. The average Bonchev–Trinajstić information content (AvgIpc) is 2.51. The molecule has 0 unspecified atom stereocenters. The summed E-state index contributed by atoms with van der Waals surface area (Å²) < 4.78 is 1.68. The molecule has 0 atom stereocenters. The molecule has 1 aromatic rings. The predicted molar refractivity (Wildman–Crippen MR) is 66.3 cm³/mol. The normalized spacial score (nSPS) is 10.0. The second-order valence-electron chi connectivity index (χ2n) is 4.02. The van der Waals surface area contributed by atoms with Gasteiger partial charge >= 0.3 is 0 Å². The number of nitrogen functional groups attached to an aromatic ring is 1. The van der Waals surface area contributed by atoms with E-state index in [1.165, 1.54) is 0 Å². The Kier molecular flexibility index (Phi) is 4.16. The lowest BCUT2D eigenvalue weighted by Crippen LogP contribution is -2.28. The van der Waals surface area contributed by atoms with Crippen molar-refractivity contribution in [3.05, 3.63) is 16.8 Å². The fourth-order valence-electron chi connectivity index (χ4n) is 1.70. The SMILES string of the molecule is CCCNC(=O)Cn1c(C)c(C)c(C#N)c1N. The summed E-state index contributed by atoms with van der Waals surface area (Å²) in [6, 6.07) is 2.06. The van der Waals surface area contributed by atoms with Gasteiger partial charge < -0.3 is 15.6 Å². The smallest absolute Gasteiger partial charge is 0.240 e. The van der Waals surface area contributed by atoms with Gasteiger partial charge in [-0.05, 0) is 25.8 Å². The third kappa shape index (κ3) is 2.59. The van der Waals surface area contributed by atoms with Crippen LogP contribution in [0.15, 0.2) is 0 Å². The Labute approximate surface area is 101 Å². The molecular formula is C12H18N4O. The van der Waals surface area contributed by atoms with Crippen molar-refractivity contribution in [2.24, 2.45) is 0 Å². The molecule has 92 valence electrons. The third-order valence-electron chi connectivity index (χ3n) is 2.86. The van der Waals surface area contributed by atoms with Crippen LogP contribution in [0.25, 0.3) is 0 Å². The fourth-order valence-corrected chi connectivity index (χ4v) is 1.70. The van der Waals surface area contributed by atoms with E-state index in [1.807, 2.05) is 20.8 Å². The number of aromatic nitrogens is 1. The number of rotatable bonds is 4. The van der Waals surface area contributed by atoms with Gasteiger partial charge in [0, 0.05) is 12.2 Å². The molecule has 0 saturated carbocycles. The summed E-state index contributed by atoms with van der Waals surface area (Å²) in [6.07, 6.45) is 0.897. The lowest BCUT2D eigenvalue weighted by molar-refractivity contribution is -0.121. The van der Waals surface area contributed by atoms with E-state index in [2.05, 4.69) is 11.4 Å². The van der Waals surface area contributed by atoms with Gasteiger partial charge in [-0.3, -0.25) is 4.79 Å². The highest BCUT2D eigenvalue weighted by Crippen LogP contribution is 2.22. The quantitative estimate of drug-likeness (QED) is 0.817. The van der Waals surface area contributed by atoms with Crippen molar-refractivity contribution in [3.63, 3.8) is 0 Å². The Morgan fingerprint density at radius 2 is 2.18 bits per heavy atom. The summed E-state index contributed by atoms with van der Waals surface area (Å²) >= 11 is 0. The minimum Gasteiger partial charge on any atom is -0.384 e. The van der Waals surface area contributed by atoms with Crippen LogP contribution in [0.1, 0.15) is 30.2 Å². The molecule has 0 spiro atoms.